The SMILES string of the molecule is Cn1ncc(NCc2ccc3c(c2)OCCCO3)c(Br)c1=O. The number of nitrogens with one attached hydrogen (secondary N) is 1. The van der Waals surface area contributed by atoms with Gasteiger partial charge in [-0.25, -0.2) is 4.68 Å². The number of benzene rings is 1. The van der Waals surface area contributed by atoms with Crippen LogP contribution in [0.15, 0.2) is 33.7 Å². The van der Waals surface area contributed by atoms with Gasteiger partial charge in [-0.15, -0.1) is 0 Å². The lowest BCUT2D eigenvalue weighted by molar-refractivity contribution is 0.297. The predicted molar refractivity (Wildman–Crippen MR) is 86.6 cm³/mol. The average Bonchev–Trinajstić information content (AvgIpc) is 2.77. The van der Waals surface area contributed by atoms with Crippen LogP contribution in [0.3, 0.4) is 0 Å². The molecular formula is C15H16BrN3O3. The maximum absolute atomic E-state index is 11.8. The van der Waals surface area contributed by atoms with Crippen LogP contribution in [-0.4, -0.2) is 23.0 Å². The van der Waals surface area contributed by atoms with Crippen molar-refractivity contribution in [2.24, 2.45) is 7.05 Å². The van der Waals surface area contributed by atoms with Crippen molar-refractivity contribution in [3.63, 3.8) is 0 Å². The molecule has 1 aliphatic rings. The van der Waals surface area contributed by atoms with E-state index >= 15 is 0 Å². The zero-order valence-corrected chi connectivity index (χ0v) is 13.7. The summed E-state index contributed by atoms with van der Waals surface area (Å²) >= 11 is 3.29. The monoisotopic (exact) mass is 365 g/mol. The zero-order chi connectivity index (χ0) is 15.5. The molecule has 1 aliphatic heterocycles. The van der Waals surface area contributed by atoms with Gasteiger partial charge < -0.3 is 14.8 Å². The highest BCUT2D eigenvalue weighted by molar-refractivity contribution is 9.10. The number of anilines is 1. The third-order valence-corrected chi connectivity index (χ3v) is 4.14. The number of aromatic nitrogens is 2. The molecule has 3 rings (SSSR count). The highest BCUT2D eigenvalue weighted by Gasteiger charge is 2.11. The molecule has 2 heterocycles. The summed E-state index contributed by atoms with van der Waals surface area (Å²) in [6.45, 7) is 1.90. The molecule has 0 bridgehead atoms. The topological polar surface area (TPSA) is 65.4 Å². The number of fused-ring (bicyclic) bond motifs is 1. The van der Waals surface area contributed by atoms with Crippen LogP contribution < -0.4 is 20.3 Å². The molecule has 0 aliphatic carbocycles. The summed E-state index contributed by atoms with van der Waals surface area (Å²) < 4.78 is 13.0. The quantitative estimate of drug-likeness (QED) is 0.903. The molecule has 1 aromatic carbocycles. The number of ether oxygens (including phenoxy) is 2. The summed E-state index contributed by atoms with van der Waals surface area (Å²) in [5.41, 5.74) is 1.52. The number of aryl methyl sites for hydroxylation is 1. The van der Waals surface area contributed by atoms with E-state index in [-0.39, 0.29) is 5.56 Å². The van der Waals surface area contributed by atoms with Gasteiger partial charge in [0.05, 0.1) is 25.1 Å². The van der Waals surface area contributed by atoms with Gasteiger partial charge in [-0.2, -0.15) is 5.10 Å². The molecular weight excluding hydrogens is 350 g/mol. The number of hydrogen-bond acceptors (Lipinski definition) is 5. The normalized spacial score (nSPS) is 13.5. The number of rotatable bonds is 3. The summed E-state index contributed by atoms with van der Waals surface area (Å²) in [6, 6.07) is 5.84. The van der Waals surface area contributed by atoms with E-state index < -0.39 is 0 Å². The van der Waals surface area contributed by atoms with Crippen molar-refractivity contribution in [2.45, 2.75) is 13.0 Å². The van der Waals surface area contributed by atoms with Crippen molar-refractivity contribution in [3.8, 4) is 11.5 Å². The Balaban J connectivity index is 1.76. The smallest absolute Gasteiger partial charge is 0.282 e. The molecule has 0 saturated carbocycles. The van der Waals surface area contributed by atoms with Crippen LogP contribution in [-0.2, 0) is 13.6 Å². The summed E-state index contributed by atoms with van der Waals surface area (Å²) in [5, 5.41) is 7.20. The van der Waals surface area contributed by atoms with E-state index in [2.05, 4.69) is 26.3 Å². The van der Waals surface area contributed by atoms with Crippen LogP contribution in [0, 0.1) is 0 Å². The van der Waals surface area contributed by atoms with Gasteiger partial charge in [-0.05, 0) is 33.6 Å². The van der Waals surface area contributed by atoms with Gasteiger partial charge in [0.25, 0.3) is 5.56 Å². The largest absolute Gasteiger partial charge is 0.490 e. The second kappa shape index (κ2) is 6.39. The van der Waals surface area contributed by atoms with Crippen LogP contribution in [0.1, 0.15) is 12.0 Å². The highest BCUT2D eigenvalue weighted by atomic mass is 79.9. The van der Waals surface area contributed by atoms with Gasteiger partial charge in [0, 0.05) is 20.0 Å². The van der Waals surface area contributed by atoms with E-state index in [9.17, 15) is 4.79 Å². The standard InChI is InChI=1S/C15H16BrN3O3/c1-19-15(20)14(16)11(9-18-19)17-8-10-3-4-12-13(7-10)22-6-2-5-21-12/h3-4,7,9,17H,2,5-6,8H2,1H3. The molecule has 2 aromatic rings. The van der Waals surface area contributed by atoms with Crippen molar-refractivity contribution in [1.82, 2.24) is 9.78 Å². The lowest BCUT2D eigenvalue weighted by atomic mass is 10.2. The van der Waals surface area contributed by atoms with Gasteiger partial charge in [-0.1, -0.05) is 6.07 Å². The van der Waals surface area contributed by atoms with Crippen LogP contribution in [0.2, 0.25) is 0 Å². The minimum Gasteiger partial charge on any atom is -0.490 e. The summed E-state index contributed by atoms with van der Waals surface area (Å²) in [7, 11) is 1.61. The van der Waals surface area contributed by atoms with Crippen LogP contribution in [0.4, 0.5) is 5.69 Å². The zero-order valence-electron chi connectivity index (χ0n) is 12.1. The first-order chi connectivity index (χ1) is 10.6. The second-order valence-corrected chi connectivity index (χ2v) is 5.78. The first-order valence-electron chi connectivity index (χ1n) is 6.99. The predicted octanol–water partition coefficient (Wildman–Crippen LogP) is 2.32. The molecule has 0 amide bonds. The summed E-state index contributed by atoms with van der Waals surface area (Å²) in [5.74, 6) is 1.54. The fraction of sp³-hybridized carbons (Fsp3) is 0.333. The molecule has 6 nitrogen and oxygen atoms in total. The third kappa shape index (κ3) is 3.09. The van der Waals surface area contributed by atoms with Gasteiger partial charge in [-0.3, -0.25) is 4.79 Å². The molecule has 0 unspecified atom stereocenters. The van der Waals surface area contributed by atoms with Crippen molar-refractivity contribution in [3.05, 3.63) is 44.8 Å². The van der Waals surface area contributed by atoms with E-state index in [0.717, 1.165) is 23.5 Å². The Kier molecular flexibility index (Phi) is 4.33. The molecule has 0 atom stereocenters. The average molecular weight is 366 g/mol. The molecule has 22 heavy (non-hydrogen) atoms. The van der Waals surface area contributed by atoms with Crippen LogP contribution in [0.25, 0.3) is 0 Å². The van der Waals surface area contributed by atoms with Gasteiger partial charge >= 0.3 is 0 Å². The third-order valence-electron chi connectivity index (χ3n) is 3.37. The van der Waals surface area contributed by atoms with Gasteiger partial charge in [0.1, 0.15) is 4.47 Å². The van der Waals surface area contributed by atoms with E-state index in [1.165, 1.54) is 4.68 Å². The second-order valence-electron chi connectivity index (χ2n) is 4.99. The molecule has 0 saturated heterocycles. The molecule has 0 spiro atoms. The Morgan fingerprint density at radius 1 is 1.32 bits per heavy atom. The molecule has 1 aromatic heterocycles. The lowest BCUT2D eigenvalue weighted by Crippen LogP contribution is -2.21. The Bertz CT molecular complexity index is 745. The lowest BCUT2D eigenvalue weighted by Gasteiger charge is -2.11. The maximum Gasteiger partial charge on any atom is 0.282 e. The molecule has 7 heteroatoms. The first kappa shape index (κ1) is 14.9. The van der Waals surface area contributed by atoms with Crippen molar-refractivity contribution in [1.29, 1.82) is 0 Å². The Morgan fingerprint density at radius 2 is 2.09 bits per heavy atom. The van der Waals surface area contributed by atoms with E-state index in [4.69, 9.17) is 9.47 Å². The Labute approximate surface area is 136 Å². The van der Waals surface area contributed by atoms with Crippen LogP contribution in [0.5, 0.6) is 11.5 Å². The minimum absolute atomic E-state index is 0.177. The van der Waals surface area contributed by atoms with E-state index in [0.29, 0.717) is 29.9 Å². The van der Waals surface area contributed by atoms with Gasteiger partial charge in [0.2, 0.25) is 0 Å². The fourth-order valence-electron chi connectivity index (χ4n) is 2.15. The number of hydrogen-bond donors (Lipinski definition) is 1. The summed E-state index contributed by atoms with van der Waals surface area (Å²) in [6.07, 6.45) is 2.50. The molecule has 0 radical (unpaired) electrons. The number of halogens is 1. The first-order valence-corrected chi connectivity index (χ1v) is 7.78. The number of nitrogens with zero attached hydrogens (tertiary/aromatic N) is 2. The van der Waals surface area contributed by atoms with Crippen molar-refractivity contribution in [2.75, 3.05) is 18.5 Å². The molecule has 116 valence electrons. The minimum atomic E-state index is -0.177. The van der Waals surface area contributed by atoms with Crippen molar-refractivity contribution < 1.29 is 9.47 Å². The maximum atomic E-state index is 11.8. The van der Waals surface area contributed by atoms with E-state index in [1.807, 2.05) is 18.2 Å². The summed E-state index contributed by atoms with van der Waals surface area (Å²) in [4.78, 5) is 11.8. The Hall–Kier alpha value is -2.02. The van der Waals surface area contributed by atoms with Crippen LogP contribution >= 0.6 is 15.9 Å². The van der Waals surface area contributed by atoms with Gasteiger partial charge in [0.15, 0.2) is 11.5 Å². The van der Waals surface area contributed by atoms with Crippen molar-refractivity contribution >= 4 is 21.6 Å². The van der Waals surface area contributed by atoms with E-state index in [1.54, 1.807) is 13.2 Å². The highest BCUT2D eigenvalue weighted by Crippen LogP contribution is 2.30. The Morgan fingerprint density at radius 3 is 2.91 bits per heavy atom. The molecule has 0 fully saturated rings. The molecule has 1 N–H and O–H groups in total. The fourth-order valence-corrected chi connectivity index (χ4v) is 2.65.